The van der Waals surface area contributed by atoms with Crippen LogP contribution in [0, 0.1) is 0 Å². The average molecular weight is 470 g/mol. The molecule has 2 aliphatic heterocycles. The number of phenols is 2. The molecule has 4 aromatic rings. The van der Waals surface area contributed by atoms with E-state index in [-0.39, 0.29) is 36.3 Å². The summed E-state index contributed by atoms with van der Waals surface area (Å²) in [7, 11) is 0. The van der Waals surface area contributed by atoms with Gasteiger partial charge < -0.3 is 24.8 Å². The number of nitrogens with zero attached hydrogens (tertiary/aromatic N) is 2. The van der Waals surface area contributed by atoms with Crippen molar-refractivity contribution in [1.29, 1.82) is 0 Å². The van der Waals surface area contributed by atoms with Gasteiger partial charge >= 0.3 is 6.03 Å². The Hall–Kier alpha value is -4.86. The quantitative estimate of drug-likeness (QED) is 0.336. The van der Waals surface area contributed by atoms with Crippen molar-refractivity contribution in [2.45, 2.75) is 12.1 Å². The Morgan fingerprint density at radius 2 is 1.86 bits per heavy atom. The number of rotatable bonds is 4. The number of aromatic hydroxyl groups is 2. The van der Waals surface area contributed by atoms with E-state index in [2.05, 4.69) is 15.6 Å². The molecule has 174 valence electrons. The van der Waals surface area contributed by atoms with Crippen molar-refractivity contribution >= 4 is 28.8 Å². The summed E-state index contributed by atoms with van der Waals surface area (Å²) >= 11 is 0. The fourth-order valence-electron chi connectivity index (χ4n) is 4.61. The average Bonchev–Trinajstić information content (AvgIpc) is 3.48. The molecule has 35 heavy (non-hydrogen) atoms. The molecule has 4 heterocycles. The number of carbonyl (C=O) groups is 3. The van der Waals surface area contributed by atoms with Gasteiger partial charge in [0.25, 0.3) is 11.8 Å². The summed E-state index contributed by atoms with van der Waals surface area (Å²) in [6.07, 6.45) is 1.47. The molecule has 6 rings (SSSR count). The lowest BCUT2D eigenvalue weighted by molar-refractivity contribution is -0.125. The molecule has 0 bridgehead atoms. The summed E-state index contributed by atoms with van der Waals surface area (Å²) < 4.78 is 5.96. The van der Waals surface area contributed by atoms with Gasteiger partial charge in [0.2, 0.25) is 0 Å². The van der Waals surface area contributed by atoms with E-state index in [4.69, 9.17) is 4.42 Å². The van der Waals surface area contributed by atoms with Crippen LogP contribution in [0.15, 0.2) is 65.2 Å². The van der Waals surface area contributed by atoms with E-state index in [0.717, 1.165) is 0 Å². The number of para-hydroxylation sites is 1. The van der Waals surface area contributed by atoms with Crippen LogP contribution in [0.5, 0.6) is 11.5 Å². The van der Waals surface area contributed by atoms with E-state index < -0.39 is 17.5 Å². The van der Waals surface area contributed by atoms with Gasteiger partial charge in [-0.1, -0.05) is 18.2 Å². The lowest BCUT2D eigenvalue weighted by atomic mass is 9.95. The Kier molecular flexibility index (Phi) is 4.34. The third-order valence-corrected chi connectivity index (χ3v) is 6.35. The van der Waals surface area contributed by atoms with Gasteiger partial charge in [-0.15, -0.1) is 0 Å². The zero-order valence-electron chi connectivity index (χ0n) is 18.1. The highest BCUT2D eigenvalue weighted by atomic mass is 16.3. The van der Waals surface area contributed by atoms with Gasteiger partial charge in [0.1, 0.15) is 17.3 Å². The second kappa shape index (κ2) is 7.32. The first kappa shape index (κ1) is 20.7. The molecular weight excluding hydrogens is 452 g/mol. The van der Waals surface area contributed by atoms with Gasteiger partial charge in [-0.3, -0.25) is 19.9 Å². The maximum atomic E-state index is 13.1. The number of imide groups is 1. The van der Waals surface area contributed by atoms with Crippen LogP contribution in [0.3, 0.4) is 0 Å². The van der Waals surface area contributed by atoms with E-state index in [9.17, 15) is 24.6 Å². The van der Waals surface area contributed by atoms with E-state index >= 15 is 0 Å². The number of fused-ring (bicyclic) bond motifs is 2. The van der Waals surface area contributed by atoms with E-state index in [1.54, 1.807) is 42.5 Å². The van der Waals surface area contributed by atoms with Gasteiger partial charge in [0.15, 0.2) is 11.1 Å². The summed E-state index contributed by atoms with van der Waals surface area (Å²) in [5.41, 5.74) is 0.780. The van der Waals surface area contributed by atoms with Gasteiger partial charge in [-0.2, -0.15) is 0 Å². The number of phenolic OH excluding ortho intramolecular Hbond substituents is 2. The number of hydrogen-bond acceptors (Lipinski definition) is 7. The van der Waals surface area contributed by atoms with Crippen LogP contribution in [0.2, 0.25) is 0 Å². The fourth-order valence-corrected chi connectivity index (χ4v) is 4.61. The van der Waals surface area contributed by atoms with Crippen LogP contribution in [-0.4, -0.2) is 44.5 Å². The van der Waals surface area contributed by atoms with Crippen LogP contribution in [0.25, 0.3) is 22.2 Å². The fraction of sp³-hybridized carbons (Fsp3) is 0.120. The van der Waals surface area contributed by atoms with E-state index in [1.165, 1.54) is 23.2 Å². The molecular formula is C25H18N4O6. The first-order valence-electron chi connectivity index (χ1n) is 10.8. The third-order valence-electron chi connectivity index (χ3n) is 6.35. The predicted octanol–water partition coefficient (Wildman–Crippen LogP) is 2.60. The summed E-state index contributed by atoms with van der Waals surface area (Å²) in [5, 5.41) is 25.4. The minimum Gasteiger partial charge on any atom is -0.508 e. The molecule has 0 radical (unpaired) electrons. The number of pyridine rings is 1. The van der Waals surface area contributed by atoms with Crippen molar-refractivity contribution in [1.82, 2.24) is 20.5 Å². The van der Waals surface area contributed by atoms with Gasteiger partial charge in [-0.05, 0) is 42.0 Å². The van der Waals surface area contributed by atoms with Crippen LogP contribution < -0.4 is 10.6 Å². The highest BCUT2D eigenvalue weighted by molar-refractivity contribution is 6.08. The molecule has 2 aliphatic rings. The highest BCUT2D eigenvalue weighted by Gasteiger charge is 2.53. The highest BCUT2D eigenvalue weighted by Crippen LogP contribution is 2.36. The second-order valence-electron chi connectivity index (χ2n) is 8.55. The molecule has 4 amide bonds. The number of benzene rings is 2. The van der Waals surface area contributed by atoms with Crippen molar-refractivity contribution in [3.05, 3.63) is 77.7 Å². The minimum atomic E-state index is -1.66. The van der Waals surface area contributed by atoms with Crippen molar-refractivity contribution in [3.8, 4) is 22.8 Å². The molecule has 10 nitrogen and oxygen atoms in total. The van der Waals surface area contributed by atoms with Crippen molar-refractivity contribution in [2.75, 3.05) is 6.54 Å². The van der Waals surface area contributed by atoms with E-state index in [1.807, 2.05) is 0 Å². The zero-order valence-corrected chi connectivity index (χ0v) is 18.1. The van der Waals surface area contributed by atoms with Crippen LogP contribution in [0.1, 0.15) is 21.7 Å². The van der Waals surface area contributed by atoms with Crippen molar-refractivity contribution in [2.24, 2.45) is 0 Å². The number of aromatic nitrogens is 1. The Bertz CT molecular complexity index is 1560. The molecule has 1 saturated heterocycles. The first-order valence-corrected chi connectivity index (χ1v) is 10.8. The lowest BCUT2D eigenvalue weighted by Gasteiger charge is -2.29. The SMILES string of the molecule is O=C1NC(=O)[C@](CN2Cc3ccc(O)cc3C2=O)(c2cc3cc(-c4ccccc4O)ncc3o2)N1. The molecule has 0 saturated carbocycles. The molecule has 1 fully saturated rings. The minimum absolute atomic E-state index is 0.0365. The number of amides is 4. The normalized spacial score (nSPS) is 19.2. The van der Waals surface area contributed by atoms with E-state index in [0.29, 0.717) is 33.4 Å². The molecule has 2 aromatic heterocycles. The predicted molar refractivity (Wildman–Crippen MR) is 122 cm³/mol. The molecule has 2 aromatic carbocycles. The largest absolute Gasteiger partial charge is 0.508 e. The maximum absolute atomic E-state index is 13.1. The maximum Gasteiger partial charge on any atom is 0.322 e. The van der Waals surface area contributed by atoms with Crippen molar-refractivity contribution < 1.29 is 29.0 Å². The Balaban J connectivity index is 1.40. The third kappa shape index (κ3) is 3.18. The molecule has 0 aliphatic carbocycles. The second-order valence-corrected chi connectivity index (χ2v) is 8.55. The first-order chi connectivity index (χ1) is 16.8. The van der Waals surface area contributed by atoms with Gasteiger partial charge in [0, 0.05) is 23.1 Å². The standard InChI is InChI=1S/C25H18N4O6/c30-15-6-5-13-11-29(22(32)17(13)9-15)12-25(23(33)27-24(34)28-25)21-8-14-7-18(26-10-20(14)35-21)16-3-1-2-4-19(16)31/h1-10,30-31H,11-12H2,(H2,27,28,33,34)/t25-/m0/s1. The monoisotopic (exact) mass is 470 g/mol. The number of urea groups is 1. The molecule has 0 spiro atoms. The van der Waals surface area contributed by atoms with Crippen LogP contribution in [0.4, 0.5) is 4.79 Å². The van der Waals surface area contributed by atoms with Crippen LogP contribution in [-0.2, 0) is 16.9 Å². The number of hydrogen-bond donors (Lipinski definition) is 4. The lowest BCUT2D eigenvalue weighted by Crippen LogP contribution is -2.52. The summed E-state index contributed by atoms with van der Waals surface area (Å²) in [6, 6.07) is 13.9. The Morgan fingerprint density at radius 1 is 1.03 bits per heavy atom. The smallest absolute Gasteiger partial charge is 0.322 e. The summed E-state index contributed by atoms with van der Waals surface area (Å²) in [6.45, 7) is 0.0248. The van der Waals surface area contributed by atoms with Gasteiger partial charge in [-0.25, -0.2) is 4.79 Å². The molecule has 4 N–H and O–H groups in total. The molecule has 10 heteroatoms. The Morgan fingerprint density at radius 3 is 2.63 bits per heavy atom. The van der Waals surface area contributed by atoms with Gasteiger partial charge in [0.05, 0.1) is 18.4 Å². The van der Waals surface area contributed by atoms with Crippen molar-refractivity contribution in [3.63, 3.8) is 0 Å². The number of furan rings is 1. The Labute approximate surface area is 197 Å². The number of carbonyl (C=O) groups excluding carboxylic acids is 3. The number of nitrogens with one attached hydrogen (secondary N) is 2. The summed E-state index contributed by atoms with van der Waals surface area (Å²) in [5.74, 6) is -0.852. The zero-order chi connectivity index (χ0) is 24.3. The summed E-state index contributed by atoms with van der Waals surface area (Å²) in [4.78, 5) is 44.0. The van der Waals surface area contributed by atoms with Crippen LogP contribution >= 0.6 is 0 Å². The molecule has 1 atom stereocenters. The topological polar surface area (TPSA) is 145 Å². The molecule has 0 unspecified atom stereocenters.